The van der Waals surface area contributed by atoms with Crippen LogP contribution in [0.4, 0.5) is 8.78 Å². The third-order valence-electron chi connectivity index (χ3n) is 2.70. The maximum atomic E-state index is 12.3. The van der Waals surface area contributed by atoms with Gasteiger partial charge in [0.15, 0.2) is 0 Å². The van der Waals surface area contributed by atoms with Gasteiger partial charge in [0.2, 0.25) is 9.84 Å². The number of benzene rings is 1. The summed E-state index contributed by atoms with van der Waals surface area (Å²) in [5.74, 6) is -3.06. The number of alkyl halides is 2. The van der Waals surface area contributed by atoms with Crippen molar-refractivity contribution in [1.29, 1.82) is 0 Å². The van der Waals surface area contributed by atoms with E-state index in [9.17, 15) is 22.3 Å². The molecule has 0 fully saturated rings. The number of rotatable bonds is 6. The molecule has 1 atom stereocenters. The smallest absolute Gasteiger partial charge is 0.341 e. The predicted octanol–water partition coefficient (Wildman–Crippen LogP) is 2.63. The normalized spacial score (nSPS) is 14.1. The van der Waals surface area contributed by atoms with E-state index in [0.717, 1.165) is 17.7 Å². The van der Waals surface area contributed by atoms with Gasteiger partial charge in [-0.15, -0.1) is 0 Å². The summed E-state index contributed by atoms with van der Waals surface area (Å²) in [7, 11) is -4.54. The summed E-state index contributed by atoms with van der Waals surface area (Å²) in [4.78, 5) is -0.399. The molecule has 6 heteroatoms. The highest BCUT2D eigenvalue weighted by atomic mass is 32.2. The molecule has 0 aliphatic rings. The highest BCUT2D eigenvalue weighted by Crippen LogP contribution is 2.19. The van der Waals surface area contributed by atoms with E-state index in [1.54, 1.807) is 0 Å². The van der Waals surface area contributed by atoms with Crippen molar-refractivity contribution < 1.29 is 22.3 Å². The molecule has 0 bridgehead atoms. The summed E-state index contributed by atoms with van der Waals surface area (Å²) in [6, 6.07) is 5.22. The lowest BCUT2D eigenvalue weighted by Crippen LogP contribution is -2.14. The van der Waals surface area contributed by atoms with Gasteiger partial charge in [0.05, 0.1) is 11.0 Å². The van der Waals surface area contributed by atoms with Gasteiger partial charge in [-0.05, 0) is 36.5 Å². The lowest BCUT2D eigenvalue weighted by molar-refractivity contribution is 0.149. The van der Waals surface area contributed by atoms with Crippen LogP contribution in [-0.4, -0.2) is 25.4 Å². The Morgan fingerprint density at radius 2 is 1.68 bits per heavy atom. The second-order valence-corrected chi connectivity index (χ2v) is 6.85. The Hall–Kier alpha value is -1.01. The summed E-state index contributed by atoms with van der Waals surface area (Å²) in [5.41, 5.74) is 0.723. The maximum Gasteiger partial charge on any atom is 0.341 e. The van der Waals surface area contributed by atoms with Gasteiger partial charge in [-0.3, -0.25) is 0 Å². The quantitative estimate of drug-likeness (QED) is 0.877. The van der Waals surface area contributed by atoms with Crippen LogP contribution < -0.4 is 0 Å². The zero-order valence-corrected chi connectivity index (χ0v) is 11.7. The fourth-order valence-corrected chi connectivity index (χ4v) is 2.54. The van der Waals surface area contributed by atoms with Crippen LogP contribution in [-0.2, 0) is 16.3 Å². The number of hydrogen-bond acceptors (Lipinski definition) is 3. The second-order valence-electron chi connectivity index (χ2n) is 4.94. The molecule has 0 saturated carbocycles. The Labute approximate surface area is 112 Å². The maximum absolute atomic E-state index is 12.3. The van der Waals surface area contributed by atoms with Crippen molar-refractivity contribution in [3.05, 3.63) is 29.8 Å². The van der Waals surface area contributed by atoms with E-state index < -0.39 is 26.6 Å². The average Bonchev–Trinajstić information content (AvgIpc) is 2.28. The van der Waals surface area contributed by atoms with Crippen molar-refractivity contribution in [2.75, 3.05) is 0 Å². The van der Waals surface area contributed by atoms with Crippen molar-refractivity contribution >= 4 is 9.84 Å². The predicted molar refractivity (Wildman–Crippen MR) is 68.8 cm³/mol. The van der Waals surface area contributed by atoms with Crippen LogP contribution in [0, 0.1) is 5.92 Å². The van der Waals surface area contributed by atoms with E-state index >= 15 is 0 Å². The van der Waals surface area contributed by atoms with Crippen LogP contribution in [0.15, 0.2) is 29.2 Å². The molecule has 0 heterocycles. The summed E-state index contributed by atoms with van der Waals surface area (Å²) in [5, 5.41) is 9.75. The first kappa shape index (κ1) is 16.0. The molecule has 19 heavy (non-hydrogen) atoms. The Kier molecular flexibility index (Phi) is 5.43. The molecule has 1 N–H and O–H groups in total. The van der Waals surface area contributed by atoms with Crippen molar-refractivity contribution in [2.24, 2.45) is 5.92 Å². The lowest BCUT2D eigenvalue weighted by Gasteiger charge is -2.13. The molecule has 108 valence electrons. The zero-order valence-electron chi connectivity index (χ0n) is 10.9. The molecule has 1 aromatic carbocycles. The zero-order chi connectivity index (χ0) is 14.6. The van der Waals surface area contributed by atoms with Crippen LogP contribution >= 0.6 is 0 Å². The van der Waals surface area contributed by atoms with Crippen molar-refractivity contribution in [3.63, 3.8) is 0 Å². The van der Waals surface area contributed by atoms with E-state index in [-0.39, 0.29) is 0 Å². The highest BCUT2D eigenvalue weighted by molar-refractivity contribution is 7.91. The number of aliphatic hydroxyl groups is 1. The SMILES string of the molecule is CC(C)CC(O)Cc1ccc(S(=O)(=O)C(F)F)cc1. The summed E-state index contributed by atoms with van der Waals surface area (Å²) < 4.78 is 47.1. The molecule has 0 saturated heterocycles. The molecule has 0 aliphatic carbocycles. The first-order chi connectivity index (χ1) is 8.73. The van der Waals surface area contributed by atoms with E-state index in [1.807, 2.05) is 13.8 Å². The standard InChI is InChI=1S/C13H18F2O3S/c1-9(2)7-11(16)8-10-3-5-12(6-4-10)19(17,18)13(14)15/h3-6,9,11,13,16H,7-8H2,1-2H3. The van der Waals surface area contributed by atoms with Crippen LogP contribution in [0.5, 0.6) is 0 Å². The van der Waals surface area contributed by atoms with Crippen LogP contribution in [0.1, 0.15) is 25.8 Å². The number of sulfone groups is 1. The monoisotopic (exact) mass is 292 g/mol. The molecule has 1 rings (SSSR count). The average molecular weight is 292 g/mol. The summed E-state index contributed by atoms with van der Waals surface area (Å²) in [6.45, 7) is 3.98. The molecule has 0 amide bonds. The third-order valence-corrected chi connectivity index (χ3v) is 4.10. The molecule has 0 spiro atoms. The van der Waals surface area contributed by atoms with E-state index in [0.29, 0.717) is 18.8 Å². The fourth-order valence-electron chi connectivity index (χ4n) is 1.82. The molecule has 3 nitrogen and oxygen atoms in total. The Morgan fingerprint density at radius 1 is 1.16 bits per heavy atom. The lowest BCUT2D eigenvalue weighted by atomic mass is 10.00. The second kappa shape index (κ2) is 6.43. The topological polar surface area (TPSA) is 54.4 Å². The van der Waals surface area contributed by atoms with Crippen molar-refractivity contribution in [3.8, 4) is 0 Å². The molecule has 1 unspecified atom stereocenters. The van der Waals surface area contributed by atoms with E-state index in [4.69, 9.17) is 0 Å². The highest BCUT2D eigenvalue weighted by Gasteiger charge is 2.26. The Bertz CT molecular complexity index is 495. The van der Waals surface area contributed by atoms with Gasteiger partial charge < -0.3 is 5.11 Å². The fraction of sp³-hybridized carbons (Fsp3) is 0.538. The number of aliphatic hydroxyl groups excluding tert-OH is 1. The molecule has 0 aromatic heterocycles. The van der Waals surface area contributed by atoms with Gasteiger partial charge >= 0.3 is 5.76 Å². The van der Waals surface area contributed by atoms with Gasteiger partial charge in [-0.25, -0.2) is 8.42 Å². The first-order valence-electron chi connectivity index (χ1n) is 6.02. The largest absolute Gasteiger partial charge is 0.393 e. The van der Waals surface area contributed by atoms with Gasteiger partial charge in [-0.1, -0.05) is 26.0 Å². The van der Waals surface area contributed by atoms with Crippen molar-refractivity contribution in [1.82, 2.24) is 0 Å². The molecular formula is C13H18F2O3S. The first-order valence-corrected chi connectivity index (χ1v) is 7.57. The number of halogens is 2. The van der Waals surface area contributed by atoms with Gasteiger partial charge in [0, 0.05) is 0 Å². The molecule has 0 aliphatic heterocycles. The van der Waals surface area contributed by atoms with Gasteiger partial charge in [-0.2, -0.15) is 8.78 Å². The Morgan fingerprint density at radius 3 is 2.11 bits per heavy atom. The van der Waals surface area contributed by atoms with Crippen molar-refractivity contribution in [2.45, 2.75) is 43.4 Å². The molecule has 1 aromatic rings. The summed E-state index contributed by atoms with van der Waals surface area (Å²) in [6.07, 6.45) is 0.502. The minimum absolute atomic E-state index is 0.355. The van der Waals surface area contributed by atoms with Crippen LogP contribution in [0.2, 0.25) is 0 Å². The van der Waals surface area contributed by atoms with Gasteiger partial charge in [0.25, 0.3) is 0 Å². The van der Waals surface area contributed by atoms with E-state index in [2.05, 4.69) is 0 Å². The molecule has 0 radical (unpaired) electrons. The Balaban J connectivity index is 2.78. The molecular weight excluding hydrogens is 274 g/mol. The minimum Gasteiger partial charge on any atom is -0.393 e. The summed E-state index contributed by atoms with van der Waals surface area (Å²) >= 11 is 0. The third kappa shape index (κ3) is 4.54. The van der Waals surface area contributed by atoms with Gasteiger partial charge in [0.1, 0.15) is 0 Å². The van der Waals surface area contributed by atoms with Crippen LogP contribution in [0.3, 0.4) is 0 Å². The minimum atomic E-state index is -4.54. The van der Waals surface area contributed by atoms with Crippen LogP contribution in [0.25, 0.3) is 0 Å². The van der Waals surface area contributed by atoms with E-state index in [1.165, 1.54) is 12.1 Å². The number of hydrogen-bond donors (Lipinski definition) is 1.